The van der Waals surface area contributed by atoms with Crippen molar-refractivity contribution in [3.05, 3.63) is 0 Å². The van der Waals surface area contributed by atoms with Gasteiger partial charge in [0.25, 0.3) is 0 Å². The molecule has 0 aromatic carbocycles. The van der Waals surface area contributed by atoms with Crippen LogP contribution in [0.5, 0.6) is 0 Å². The highest BCUT2D eigenvalue weighted by Crippen LogP contribution is 2.18. The van der Waals surface area contributed by atoms with E-state index in [0.29, 0.717) is 12.0 Å². The molecule has 2 N–H and O–H groups in total. The molecule has 0 amide bonds. The SMILES string of the molecule is C[C@@H]1OCC[C@@H]1CN. The van der Waals surface area contributed by atoms with Gasteiger partial charge in [0.2, 0.25) is 0 Å². The minimum Gasteiger partial charge on any atom is -0.378 e. The lowest BCUT2D eigenvalue weighted by Crippen LogP contribution is -2.20. The van der Waals surface area contributed by atoms with E-state index in [-0.39, 0.29) is 0 Å². The molecule has 0 bridgehead atoms. The van der Waals surface area contributed by atoms with Crippen LogP contribution in [0.3, 0.4) is 0 Å². The van der Waals surface area contributed by atoms with Crippen molar-refractivity contribution in [2.24, 2.45) is 11.7 Å². The Balaban J connectivity index is 2.30. The van der Waals surface area contributed by atoms with E-state index in [9.17, 15) is 0 Å². The molecule has 1 rings (SSSR count). The first-order chi connectivity index (χ1) is 3.84. The van der Waals surface area contributed by atoms with Crippen LogP contribution in [0.1, 0.15) is 13.3 Å². The normalized spacial score (nSPS) is 38.2. The largest absolute Gasteiger partial charge is 0.378 e. The lowest BCUT2D eigenvalue weighted by molar-refractivity contribution is 0.107. The summed E-state index contributed by atoms with van der Waals surface area (Å²) in [7, 11) is 0. The van der Waals surface area contributed by atoms with Crippen molar-refractivity contribution in [2.45, 2.75) is 19.4 Å². The summed E-state index contributed by atoms with van der Waals surface area (Å²) in [6.45, 7) is 3.77. The molecule has 8 heavy (non-hydrogen) atoms. The molecule has 0 spiro atoms. The van der Waals surface area contributed by atoms with Gasteiger partial charge in [-0.1, -0.05) is 0 Å². The molecular formula is C6H13NO. The fourth-order valence-corrected chi connectivity index (χ4v) is 1.09. The topological polar surface area (TPSA) is 35.2 Å². The van der Waals surface area contributed by atoms with Crippen LogP contribution in [0.15, 0.2) is 0 Å². The van der Waals surface area contributed by atoms with E-state index < -0.39 is 0 Å². The second-order valence-corrected chi connectivity index (χ2v) is 2.36. The highest BCUT2D eigenvalue weighted by Gasteiger charge is 2.21. The molecule has 1 aliphatic heterocycles. The Bertz CT molecular complexity index is 74.9. The maximum atomic E-state index is 5.44. The van der Waals surface area contributed by atoms with Gasteiger partial charge in [0.05, 0.1) is 6.10 Å². The van der Waals surface area contributed by atoms with E-state index in [0.717, 1.165) is 19.6 Å². The number of rotatable bonds is 1. The first kappa shape index (κ1) is 6.05. The smallest absolute Gasteiger partial charge is 0.0588 e. The van der Waals surface area contributed by atoms with Crippen molar-refractivity contribution >= 4 is 0 Å². The van der Waals surface area contributed by atoms with Gasteiger partial charge in [-0.05, 0) is 25.8 Å². The van der Waals surface area contributed by atoms with Crippen LogP contribution in [0.2, 0.25) is 0 Å². The molecule has 1 heterocycles. The molecule has 2 heteroatoms. The molecule has 2 atom stereocenters. The van der Waals surface area contributed by atoms with Crippen molar-refractivity contribution < 1.29 is 4.74 Å². The zero-order valence-corrected chi connectivity index (χ0v) is 5.26. The summed E-state index contributed by atoms with van der Waals surface area (Å²) in [6, 6.07) is 0. The lowest BCUT2D eigenvalue weighted by atomic mass is 10.0. The molecule has 1 saturated heterocycles. The summed E-state index contributed by atoms with van der Waals surface area (Å²) in [5.74, 6) is 0.620. The van der Waals surface area contributed by atoms with Crippen molar-refractivity contribution in [1.82, 2.24) is 0 Å². The third kappa shape index (κ3) is 1.01. The molecular weight excluding hydrogens is 102 g/mol. The van der Waals surface area contributed by atoms with E-state index in [1.807, 2.05) is 0 Å². The monoisotopic (exact) mass is 115 g/mol. The Kier molecular flexibility index (Phi) is 1.86. The molecule has 2 nitrogen and oxygen atoms in total. The summed E-state index contributed by atoms with van der Waals surface area (Å²) in [5.41, 5.74) is 5.44. The predicted molar refractivity (Wildman–Crippen MR) is 32.6 cm³/mol. The van der Waals surface area contributed by atoms with Gasteiger partial charge in [0.1, 0.15) is 0 Å². The van der Waals surface area contributed by atoms with Crippen molar-refractivity contribution in [2.75, 3.05) is 13.2 Å². The summed E-state index contributed by atoms with van der Waals surface area (Å²) < 4.78 is 5.28. The van der Waals surface area contributed by atoms with Crippen LogP contribution >= 0.6 is 0 Å². The molecule has 0 aliphatic carbocycles. The fraction of sp³-hybridized carbons (Fsp3) is 1.00. The summed E-state index contributed by atoms with van der Waals surface area (Å²) in [6.07, 6.45) is 1.55. The first-order valence-corrected chi connectivity index (χ1v) is 3.16. The third-order valence-electron chi connectivity index (χ3n) is 1.84. The molecule has 0 radical (unpaired) electrons. The fourth-order valence-electron chi connectivity index (χ4n) is 1.09. The quantitative estimate of drug-likeness (QED) is 0.536. The molecule has 0 unspecified atom stereocenters. The maximum Gasteiger partial charge on any atom is 0.0588 e. The van der Waals surface area contributed by atoms with Crippen LogP contribution in [-0.2, 0) is 4.74 Å². The van der Waals surface area contributed by atoms with Gasteiger partial charge >= 0.3 is 0 Å². The lowest BCUT2D eigenvalue weighted by Gasteiger charge is -2.08. The zero-order valence-electron chi connectivity index (χ0n) is 5.26. The zero-order chi connectivity index (χ0) is 5.98. The Morgan fingerprint density at radius 1 is 1.75 bits per heavy atom. The molecule has 1 fully saturated rings. The van der Waals surface area contributed by atoms with Gasteiger partial charge in [-0.15, -0.1) is 0 Å². The van der Waals surface area contributed by atoms with Gasteiger partial charge in [-0.25, -0.2) is 0 Å². The van der Waals surface area contributed by atoms with Gasteiger partial charge in [-0.3, -0.25) is 0 Å². The number of ether oxygens (including phenoxy) is 1. The average Bonchev–Trinajstić information content (AvgIpc) is 2.14. The van der Waals surface area contributed by atoms with E-state index in [4.69, 9.17) is 10.5 Å². The average molecular weight is 115 g/mol. The first-order valence-electron chi connectivity index (χ1n) is 3.16. The Morgan fingerprint density at radius 2 is 2.50 bits per heavy atom. The minimum atomic E-state index is 0.403. The highest BCUT2D eigenvalue weighted by atomic mass is 16.5. The number of hydrogen-bond donors (Lipinski definition) is 1. The number of hydrogen-bond acceptors (Lipinski definition) is 2. The molecule has 0 aromatic heterocycles. The van der Waals surface area contributed by atoms with Gasteiger partial charge in [0, 0.05) is 6.61 Å². The van der Waals surface area contributed by atoms with Gasteiger partial charge < -0.3 is 10.5 Å². The van der Waals surface area contributed by atoms with E-state index >= 15 is 0 Å². The van der Waals surface area contributed by atoms with E-state index in [2.05, 4.69) is 6.92 Å². The van der Waals surface area contributed by atoms with Gasteiger partial charge in [0.15, 0.2) is 0 Å². The van der Waals surface area contributed by atoms with Crippen molar-refractivity contribution in [1.29, 1.82) is 0 Å². The van der Waals surface area contributed by atoms with Crippen molar-refractivity contribution in [3.63, 3.8) is 0 Å². The van der Waals surface area contributed by atoms with E-state index in [1.165, 1.54) is 0 Å². The molecule has 0 aromatic rings. The second-order valence-electron chi connectivity index (χ2n) is 2.36. The third-order valence-corrected chi connectivity index (χ3v) is 1.84. The molecule has 0 saturated carbocycles. The molecule has 1 aliphatic rings. The van der Waals surface area contributed by atoms with Crippen LogP contribution in [-0.4, -0.2) is 19.3 Å². The summed E-state index contributed by atoms with van der Waals surface area (Å²) >= 11 is 0. The second kappa shape index (κ2) is 2.46. The maximum absolute atomic E-state index is 5.44. The van der Waals surface area contributed by atoms with Crippen LogP contribution in [0, 0.1) is 5.92 Å². The highest BCUT2D eigenvalue weighted by molar-refractivity contribution is 4.72. The summed E-state index contributed by atoms with van der Waals surface area (Å²) in [5, 5.41) is 0. The van der Waals surface area contributed by atoms with Crippen LogP contribution < -0.4 is 5.73 Å². The summed E-state index contributed by atoms with van der Waals surface area (Å²) in [4.78, 5) is 0. The Morgan fingerprint density at radius 3 is 2.75 bits per heavy atom. The Labute approximate surface area is 50.0 Å². The minimum absolute atomic E-state index is 0.403. The van der Waals surface area contributed by atoms with Gasteiger partial charge in [-0.2, -0.15) is 0 Å². The van der Waals surface area contributed by atoms with E-state index in [1.54, 1.807) is 0 Å². The predicted octanol–water partition coefficient (Wildman–Crippen LogP) is 0.370. The van der Waals surface area contributed by atoms with Crippen LogP contribution in [0.25, 0.3) is 0 Å². The standard InChI is InChI=1S/C6H13NO/c1-5-6(4-7)2-3-8-5/h5-6H,2-4,7H2,1H3/t5-,6+/m0/s1. The Hall–Kier alpha value is -0.0800. The van der Waals surface area contributed by atoms with Crippen molar-refractivity contribution in [3.8, 4) is 0 Å². The number of nitrogens with two attached hydrogens (primary N) is 1. The molecule has 48 valence electrons. The van der Waals surface area contributed by atoms with Crippen LogP contribution in [0.4, 0.5) is 0 Å².